The van der Waals surface area contributed by atoms with Gasteiger partial charge in [0.25, 0.3) is 0 Å². The van der Waals surface area contributed by atoms with Crippen molar-refractivity contribution in [2.24, 2.45) is 0 Å². The number of hydrogen-bond acceptors (Lipinski definition) is 2. The molecule has 20 heavy (non-hydrogen) atoms. The molecule has 3 atom stereocenters. The van der Waals surface area contributed by atoms with Crippen LogP contribution in [0.25, 0.3) is 10.9 Å². The van der Waals surface area contributed by atoms with E-state index in [2.05, 4.69) is 61.3 Å². The summed E-state index contributed by atoms with van der Waals surface area (Å²) in [4.78, 5) is 0. The largest absolute Gasteiger partial charge is 0.354 e. The van der Waals surface area contributed by atoms with E-state index in [1.54, 1.807) is 0 Å². The zero-order chi connectivity index (χ0) is 14.1. The lowest BCUT2D eigenvalue weighted by Crippen LogP contribution is -2.21. The number of nitrogens with zero attached hydrogens (tertiary/aromatic N) is 1. The second-order valence-corrected chi connectivity index (χ2v) is 7.35. The van der Waals surface area contributed by atoms with Gasteiger partial charge < -0.3 is 13.8 Å². The molecule has 0 bridgehead atoms. The van der Waals surface area contributed by atoms with Crippen LogP contribution in [0.15, 0.2) is 36.5 Å². The molecule has 1 aliphatic rings. The molecular weight excluding hydrogens is 269 g/mol. The van der Waals surface area contributed by atoms with Gasteiger partial charge in [-0.1, -0.05) is 25.1 Å². The summed E-state index contributed by atoms with van der Waals surface area (Å²) in [6.07, 6.45) is 4.62. The monoisotopic (exact) mass is 291 g/mol. The Kier molecular flexibility index (Phi) is 4.11. The molecule has 2 aromatic rings. The smallest absolute Gasteiger partial charge is 0.137 e. The molecule has 108 valence electrons. The summed E-state index contributed by atoms with van der Waals surface area (Å²) in [5.74, 6) is 0. The molecule has 3 nitrogen and oxygen atoms in total. The van der Waals surface area contributed by atoms with E-state index >= 15 is 0 Å². The fourth-order valence-corrected chi connectivity index (χ4v) is 3.73. The van der Waals surface area contributed by atoms with Crippen molar-refractivity contribution in [2.75, 3.05) is 13.3 Å². The van der Waals surface area contributed by atoms with Gasteiger partial charge >= 0.3 is 0 Å². The van der Waals surface area contributed by atoms with Gasteiger partial charge in [0.2, 0.25) is 0 Å². The molecule has 0 saturated carbocycles. The SMILES string of the molecule is CC[C@H]1O[C@@H](n2ccc3ccccc32)CC1OP(C)C. The summed E-state index contributed by atoms with van der Waals surface area (Å²) in [6, 6.07) is 10.6. The van der Waals surface area contributed by atoms with Crippen LogP contribution in [0.5, 0.6) is 0 Å². The van der Waals surface area contributed by atoms with Gasteiger partial charge in [0, 0.05) is 20.8 Å². The highest BCUT2D eigenvalue weighted by Crippen LogP contribution is 2.40. The van der Waals surface area contributed by atoms with E-state index in [-0.39, 0.29) is 26.6 Å². The number of ether oxygens (including phenoxy) is 1. The molecule has 2 heterocycles. The first-order valence-electron chi connectivity index (χ1n) is 7.24. The van der Waals surface area contributed by atoms with Crippen LogP contribution in [-0.4, -0.2) is 30.1 Å². The molecule has 4 heteroatoms. The van der Waals surface area contributed by atoms with E-state index in [0.717, 1.165) is 12.8 Å². The number of para-hydroxylation sites is 1. The first-order valence-corrected chi connectivity index (χ1v) is 9.39. The maximum absolute atomic E-state index is 6.22. The lowest BCUT2D eigenvalue weighted by atomic mass is 10.1. The highest BCUT2D eigenvalue weighted by atomic mass is 31.1. The van der Waals surface area contributed by atoms with Gasteiger partial charge in [-0.3, -0.25) is 0 Å². The van der Waals surface area contributed by atoms with Crippen LogP contribution in [0, 0.1) is 0 Å². The summed E-state index contributed by atoms with van der Waals surface area (Å²) >= 11 is 0. The molecule has 1 fully saturated rings. The fourth-order valence-electron chi connectivity index (χ4n) is 2.97. The second-order valence-electron chi connectivity index (χ2n) is 5.51. The molecule has 0 N–H and O–H groups in total. The topological polar surface area (TPSA) is 23.4 Å². The molecule has 3 rings (SSSR count). The zero-order valence-corrected chi connectivity index (χ0v) is 13.2. The highest BCUT2D eigenvalue weighted by molar-refractivity contribution is 7.50. The number of fused-ring (bicyclic) bond motifs is 1. The summed E-state index contributed by atoms with van der Waals surface area (Å²) in [6.45, 7) is 6.48. The van der Waals surface area contributed by atoms with Gasteiger partial charge in [-0.2, -0.15) is 0 Å². The number of aromatic nitrogens is 1. The summed E-state index contributed by atoms with van der Waals surface area (Å²) in [7, 11) is -0.344. The first kappa shape index (κ1) is 14.1. The average Bonchev–Trinajstić information content (AvgIpc) is 3.01. The first-order chi connectivity index (χ1) is 9.69. The standard InChI is InChI=1S/C16H22NO2P/c1-4-14-15(19-20(2)3)11-16(18-14)17-10-9-12-7-5-6-8-13(12)17/h5-10,14-16H,4,11H2,1-3H3/t14-,15?,16-/m1/s1. The Morgan fingerprint density at radius 3 is 2.85 bits per heavy atom. The summed E-state index contributed by atoms with van der Waals surface area (Å²) in [5, 5.41) is 1.27. The molecular formula is C16H22NO2P. The predicted octanol–water partition coefficient (Wildman–Crippen LogP) is 4.38. The Morgan fingerprint density at radius 2 is 2.10 bits per heavy atom. The van der Waals surface area contributed by atoms with Crippen molar-refractivity contribution in [3.05, 3.63) is 36.5 Å². The summed E-state index contributed by atoms with van der Waals surface area (Å²) < 4.78 is 14.6. The van der Waals surface area contributed by atoms with Crippen LogP contribution in [0.4, 0.5) is 0 Å². The Hall–Kier alpha value is -0.890. The van der Waals surface area contributed by atoms with Crippen LogP contribution >= 0.6 is 8.15 Å². The summed E-state index contributed by atoms with van der Waals surface area (Å²) in [5.41, 5.74) is 1.24. The van der Waals surface area contributed by atoms with Crippen molar-refractivity contribution in [3.63, 3.8) is 0 Å². The minimum Gasteiger partial charge on any atom is -0.354 e. The Labute approximate surface area is 121 Å². The van der Waals surface area contributed by atoms with Gasteiger partial charge in [0.1, 0.15) is 6.23 Å². The van der Waals surface area contributed by atoms with E-state index < -0.39 is 0 Å². The average molecular weight is 291 g/mol. The Bertz CT molecular complexity index is 581. The van der Waals surface area contributed by atoms with Gasteiger partial charge in [0.15, 0.2) is 0 Å². The molecule has 0 radical (unpaired) electrons. The Balaban J connectivity index is 1.84. The molecule has 1 aromatic heterocycles. The maximum atomic E-state index is 6.22. The molecule has 1 aliphatic heterocycles. The van der Waals surface area contributed by atoms with Crippen LogP contribution in [0.1, 0.15) is 26.0 Å². The van der Waals surface area contributed by atoms with Crippen molar-refractivity contribution in [1.82, 2.24) is 4.57 Å². The van der Waals surface area contributed by atoms with E-state index in [4.69, 9.17) is 9.26 Å². The van der Waals surface area contributed by atoms with E-state index in [9.17, 15) is 0 Å². The second kappa shape index (κ2) is 5.85. The maximum Gasteiger partial charge on any atom is 0.137 e. The molecule has 1 aromatic carbocycles. The lowest BCUT2D eigenvalue weighted by Gasteiger charge is -2.19. The van der Waals surface area contributed by atoms with Crippen molar-refractivity contribution in [2.45, 2.75) is 38.2 Å². The molecule has 0 aliphatic carbocycles. The Morgan fingerprint density at radius 1 is 1.30 bits per heavy atom. The van der Waals surface area contributed by atoms with Crippen molar-refractivity contribution < 1.29 is 9.26 Å². The third-order valence-electron chi connectivity index (χ3n) is 3.87. The lowest BCUT2D eigenvalue weighted by molar-refractivity contribution is -0.0123. The number of hydrogen-bond donors (Lipinski definition) is 0. The molecule has 0 spiro atoms. The van der Waals surface area contributed by atoms with Crippen LogP contribution in [0.3, 0.4) is 0 Å². The number of benzene rings is 1. The molecule has 0 amide bonds. The van der Waals surface area contributed by atoms with Gasteiger partial charge in [-0.15, -0.1) is 0 Å². The highest BCUT2D eigenvalue weighted by Gasteiger charge is 2.36. The fraction of sp³-hybridized carbons (Fsp3) is 0.500. The third-order valence-corrected chi connectivity index (χ3v) is 4.56. The van der Waals surface area contributed by atoms with Crippen molar-refractivity contribution in [1.29, 1.82) is 0 Å². The van der Waals surface area contributed by atoms with Gasteiger partial charge in [-0.05, 0) is 37.3 Å². The van der Waals surface area contributed by atoms with Gasteiger partial charge in [-0.25, -0.2) is 0 Å². The van der Waals surface area contributed by atoms with E-state index in [0.29, 0.717) is 0 Å². The molecule has 1 saturated heterocycles. The number of rotatable bonds is 4. The van der Waals surface area contributed by atoms with Crippen LogP contribution in [0.2, 0.25) is 0 Å². The molecule has 1 unspecified atom stereocenters. The van der Waals surface area contributed by atoms with E-state index in [1.165, 1.54) is 10.9 Å². The normalized spacial score (nSPS) is 26.7. The van der Waals surface area contributed by atoms with Crippen LogP contribution in [-0.2, 0) is 9.26 Å². The van der Waals surface area contributed by atoms with Gasteiger partial charge in [0.05, 0.1) is 17.7 Å². The minimum atomic E-state index is -0.344. The quantitative estimate of drug-likeness (QED) is 0.780. The van der Waals surface area contributed by atoms with Crippen LogP contribution < -0.4 is 0 Å². The van der Waals surface area contributed by atoms with Crippen molar-refractivity contribution >= 4 is 19.1 Å². The minimum absolute atomic E-state index is 0.0970. The van der Waals surface area contributed by atoms with E-state index in [1.807, 2.05) is 0 Å². The van der Waals surface area contributed by atoms with Crippen molar-refractivity contribution in [3.8, 4) is 0 Å². The third kappa shape index (κ3) is 2.63. The zero-order valence-electron chi connectivity index (χ0n) is 12.3. The predicted molar refractivity (Wildman–Crippen MR) is 84.4 cm³/mol.